The fourth-order valence-corrected chi connectivity index (χ4v) is 3.10. The first-order chi connectivity index (χ1) is 10.3. The Morgan fingerprint density at radius 2 is 1.87 bits per heavy atom. The molecular weight excluding hydrogens is 300 g/mol. The van der Waals surface area contributed by atoms with E-state index in [0.29, 0.717) is 6.42 Å². The van der Waals surface area contributed by atoms with Crippen molar-refractivity contribution in [2.24, 2.45) is 0 Å². The number of aliphatic hydroxyl groups is 4. The van der Waals surface area contributed by atoms with Crippen molar-refractivity contribution >= 4 is 5.97 Å². The van der Waals surface area contributed by atoms with Crippen molar-refractivity contribution in [2.45, 2.75) is 89.3 Å². The smallest absolute Gasteiger partial charge is 0.303 e. The van der Waals surface area contributed by atoms with Crippen molar-refractivity contribution in [1.82, 2.24) is 0 Å². The van der Waals surface area contributed by atoms with Crippen molar-refractivity contribution in [1.29, 1.82) is 0 Å². The molecule has 0 aliphatic heterocycles. The molecular formula is C17H30O6. The average Bonchev–Trinajstić information content (AvgIpc) is 2.39. The number of carbonyl (C=O) groups excluding carboxylic acids is 1. The monoisotopic (exact) mass is 330 g/mol. The average molecular weight is 330 g/mol. The molecule has 1 aliphatic rings. The van der Waals surface area contributed by atoms with E-state index < -0.39 is 35.0 Å². The lowest BCUT2D eigenvalue weighted by molar-refractivity contribution is -0.275. The second-order valence-corrected chi connectivity index (χ2v) is 7.35. The summed E-state index contributed by atoms with van der Waals surface area (Å²) in [5.41, 5.74) is -3.83. The molecule has 0 aromatic heterocycles. The van der Waals surface area contributed by atoms with Crippen LogP contribution in [-0.4, -0.2) is 55.4 Å². The summed E-state index contributed by atoms with van der Waals surface area (Å²) in [7, 11) is 0. The molecule has 4 N–H and O–H groups in total. The molecule has 23 heavy (non-hydrogen) atoms. The maximum Gasteiger partial charge on any atom is 0.303 e. The summed E-state index contributed by atoms with van der Waals surface area (Å²) in [6.45, 7) is 7.92. The standard InChI is InChI=1S/C17H30O6/c1-11(2)7-6-8-16(5,21)17(22)10-9-15(4,20)13(19)14(17)23-12(3)18/h7,13-14,19-22H,6,8-10H2,1-5H3. The molecule has 1 saturated carbocycles. The maximum absolute atomic E-state index is 11.4. The number of hydrogen-bond donors (Lipinski definition) is 4. The van der Waals surface area contributed by atoms with Crippen LogP contribution < -0.4 is 0 Å². The summed E-state index contributed by atoms with van der Waals surface area (Å²) in [6.07, 6.45) is -0.0739. The Morgan fingerprint density at radius 1 is 1.30 bits per heavy atom. The van der Waals surface area contributed by atoms with E-state index in [-0.39, 0.29) is 19.3 Å². The van der Waals surface area contributed by atoms with Gasteiger partial charge in [-0.1, -0.05) is 11.6 Å². The predicted molar refractivity (Wildman–Crippen MR) is 85.7 cm³/mol. The molecule has 1 aliphatic carbocycles. The van der Waals surface area contributed by atoms with E-state index >= 15 is 0 Å². The quantitative estimate of drug-likeness (QED) is 0.443. The fourth-order valence-electron chi connectivity index (χ4n) is 3.10. The minimum absolute atomic E-state index is 0.0107. The van der Waals surface area contributed by atoms with Crippen LogP contribution in [0, 0.1) is 0 Å². The molecule has 0 aromatic rings. The van der Waals surface area contributed by atoms with Gasteiger partial charge in [-0.15, -0.1) is 0 Å². The molecule has 6 heteroatoms. The van der Waals surface area contributed by atoms with Gasteiger partial charge in [0.05, 0.1) is 11.2 Å². The largest absolute Gasteiger partial charge is 0.456 e. The van der Waals surface area contributed by atoms with Crippen LogP contribution in [0.5, 0.6) is 0 Å². The Hall–Kier alpha value is -0.950. The van der Waals surface area contributed by atoms with Gasteiger partial charge in [-0.2, -0.15) is 0 Å². The van der Waals surface area contributed by atoms with Gasteiger partial charge in [0.1, 0.15) is 11.7 Å². The van der Waals surface area contributed by atoms with Crippen LogP contribution >= 0.6 is 0 Å². The Kier molecular flexibility index (Phi) is 6.02. The van der Waals surface area contributed by atoms with Crippen LogP contribution in [0.4, 0.5) is 0 Å². The molecule has 0 spiro atoms. The number of ether oxygens (including phenoxy) is 1. The second kappa shape index (κ2) is 6.89. The Morgan fingerprint density at radius 3 is 2.35 bits per heavy atom. The molecule has 134 valence electrons. The number of allylic oxidation sites excluding steroid dienone is 2. The highest BCUT2D eigenvalue weighted by molar-refractivity contribution is 5.66. The van der Waals surface area contributed by atoms with Gasteiger partial charge in [0.2, 0.25) is 0 Å². The molecule has 1 fully saturated rings. The summed E-state index contributed by atoms with van der Waals surface area (Å²) in [5.74, 6) is -0.690. The summed E-state index contributed by atoms with van der Waals surface area (Å²) in [5, 5.41) is 42.5. The van der Waals surface area contributed by atoms with E-state index in [2.05, 4.69) is 0 Å². The van der Waals surface area contributed by atoms with Crippen molar-refractivity contribution in [3.63, 3.8) is 0 Å². The molecule has 0 saturated heterocycles. The molecule has 6 nitrogen and oxygen atoms in total. The predicted octanol–water partition coefficient (Wildman–Crippen LogP) is 1.05. The Labute approximate surface area is 137 Å². The molecule has 0 amide bonds. The van der Waals surface area contributed by atoms with Gasteiger partial charge in [-0.3, -0.25) is 4.79 Å². The van der Waals surface area contributed by atoms with Gasteiger partial charge in [0.25, 0.3) is 0 Å². The van der Waals surface area contributed by atoms with Gasteiger partial charge < -0.3 is 25.2 Å². The van der Waals surface area contributed by atoms with Crippen LogP contribution in [0.25, 0.3) is 0 Å². The highest BCUT2D eigenvalue weighted by Crippen LogP contribution is 2.44. The Balaban J connectivity index is 3.11. The van der Waals surface area contributed by atoms with E-state index in [1.165, 1.54) is 13.8 Å². The van der Waals surface area contributed by atoms with Crippen molar-refractivity contribution < 1.29 is 30.0 Å². The minimum atomic E-state index is -1.84. The van der Waals surface area contributed by atoms with Gasteiger partial charge in [0, 0.05) is 6.92 Å². The zero-order valence-corrected chi connectivity index (χ0v) is 14.7. The molecule has 5 unspecified atom stereocenters. The van der Waals surface area contributed by atoms with Gasteiger partial charge in [-0.25, -0.2) is 0 Å². The van der Waals surface area contributed by atoms with E-state index in [9.17, 15) is 25.2 Å². The molecule has 5 atom stereocenters. The van der Waals surface area contributed by atoms with Crippen molar-refractivity contribution in [3.05, 3.63) is 11.6 Å². The summed E-state index contributed by atoms with van der Waals surface area (Å²) in [4.78, 5) is 11.4. The van der Waals surface area contributed by atoms with E-state index in [4.69, 9.17) is 4.74 Å². The first-order valence-corrected chi connectivity index (χ1v) is 7.99. The third-order valence-electron chi connectivity index (χ3n) is 4.82. The second-order valence-electron chi connectivity index (χ2n) is 7.35. The summed E-state index contributed by atoms with van der Waals surface area (Å²) >= 11 is 0. The molecule has 0 aromatic carbocycles. The lowest BCUT2D eigenvalue weighted by atomic mass is 9.64. The topological polar surface area (TPSA) is 107 Å². The molecule has 1 rings (SSSR count). The highest BCUT2D eigenvalue weighted by atomic mass is 16.6. The third kappa shape index (κ3) is 4.32. The van der Waals surface area contributed by atoms with Gasteiger partial charge >= 0.3 is 5.97 Å². The zero-order valence-electron chi connectivity index (χ0n) is 14.7. The van der Waals surface area contributed by atoms with Crippen molar-refractivity contribution in [2.75, 3.05) is 0 Å². The number of rotatable bonds is 5. The van der Waals surface area contributed by atoms with Crippen LogP contribution in [0.2, 0.25) is 0 Å². The van der Waals surface area contributed by atoms with E-state index in [1.54, 1.807) is 0 Å². The first kappa shape index (κ1) is 20.1. The van der Waals surface area contributed by atoms with Gasteiger partial charge in [0.15, 0.2) is 6.10 Å². The minimum Gasteiger partial charge on any atom is -0.456 e. The van der Waals surface area contributed by atoms with Crippen LogP contribution in [0.3, 0.4) is 0 Å². The molecule has 0 radical (unpaired) electrons. The highest BCUT2D eigenvalue weighted by Gasteiger charge is 2.61. The normalized spacial score (nSPS) is 36.9. The SMILES string of the molecule is CC(=O)OC1C(O)C(C)(O)CCC1(O)C(C)(O)CCC=C(C)C. The van der Waals surface area contributed by atoms with Crippen LogP contribution in [0.1, 0.15) is 60.3 Å². The van der Waals surface area contributed by atoms with E-state index in [1.807, 2.05) is 19.9 Å². The number of aliphatic hydroxyl groups excluding tert-OH is 1. The summed E-state index contributed by atoms with van der Waals surface area (Å²) in [6, 6.07) is 0. The van der Waals surface area contributed by atoms with E-state index in [0.717, 1.165) is 12.5 Å². The zero-order chi connectivity index (χ0) is 18.1. The number of carbonyl (C=O) groups is 1. The fraction of sp³-hybridized carbons (Fsp3) is 0.824. The maximum atomic E-state index is 11.4. The van der Waals surface area contributed by atoms with Crippen LogP contribution in [0.15, 0.2) is 11.6 Å². The van der Waals surface area contributed by atoms with Crippen molar-refractivity contribution in [3.8, 4) is 0 Å². The van der Waals surface area contributed by atoms with Gasteiger partial charge in [-0.05, 0) is 53.4 Å². The lowest BCUT2D eigenvalue weighted by Crippen LogP contribution is -2.70. The number of esters is 1. The molecule has 0 heterocycles. The summed E-state index contributed by atoms with van der Waals surface area (Å²) < 4.78 is 5.09. The Bertz CT molecular complexity index is 464. The molecule has 0 bridgehead atoms. The number of hydrogen-bond acceptors (Lipinski definition) is 6. The van der Waals surface area contributed by atoms with Crippen LogP contribution in [-0.2, 0) is 9.53 Å². The first-order valence-electron chi connectivity index (χ1n) is 7.99. The third-order valence-corrected chi connectivity index (χ3v) is 4.82. The lowest BCUT2D eigenvalue weighted by Gasteiger charge is -2.53.